The summed E-state index contributed by atoms with van der Waals surface area (Å²) >= 11 is 0.794. The largest absolute Gasteiger partial charge is 0.435 e. The predicted octanol–water partition coefficient (Wildman–Crippen LogP) is 5.42. The van der Waals surface area contributed by atoms with E-state index in [2.05, 4.69) is 4.98 Å². The third-order valence-electron chi connectivity index (χ3n) is 4.47. The van der Waals surface area contributed by atoms with Crippen molar-refractivity contribution in [1.82, 2.24) is 4.98 Å². The van der Waals surface area contributed by atoms with Gasteiger partial charge in [0.25, 0.3) is 5.91 Å². The van der Waals surface area contributed by atoms with Gasteiger partial charge in [0.1, 0.15) is 9.88 Å². The van der Waals surface area contributed by atoms with Crippen LogP contribution in [0.15, 0.2) is 54.6 Å². The zero-order chi connectivity index (χ0) is 19.0. The van der Waals surface area contributed by atoms with Gasteiger partial charge in [0.15, 0.2) is 5.69 Å². The van der Waals surface area contributed by atoms with Gasteiger partial charge >= 0.3 is 6.18 Å². The molecule has 0 spiro atoms. The van der Waals surface area contributed by atoms with Crippen LogP contribution in [0.2, 0.25) is 0 Å². The zero-order valence-electron chi connectivity index (χ0n) is 14.2. The van der Waals surface area contributed by atoms with Crippen molar-refractivity contribution < 1.29 is 18.0 Å². The van der Waals surface area contributed by atoms with Crippen molar-refractivity contribution in [3.63, 3.8) is 0 Å². The summed E-state index contributed by atoms with van der Waals surface area (Å²) in [6.45, 7) is 0.395. The number of nitrogens with zero attached hydrogens (tertiary/aromatic N) is 2. The summed E-state index contributed by atoms with van der Waals surface area (Å²) in [7, 11) is 0. The van der Waals surface area contributed by atoms with Crippen LogP contribution in [0.1, 0.15) is 27.3 Å². The zero-order valence-corrected chi connectivity index (χ0v) is 15.0. The van der Waals surface area contributed by atoms with Crippen molar-refractivity contribution in [2.24, 2.45) is 0 Å². The van der Waals surface area contributed by atoms with Crippen LogP contribution < -0.4 is 4.90 Å². The minimum atomic E-state index is -4.69. The number of hydrogen-bond donors (Lipinski definition) is 0. The molecule has 0 radical (unpaired) electrons. The molecular formula is C20H15F3N2OS. The van der Waals surface area contributed by atoms with Crippen LogP contribution in [-0.4, -0.2) is 17.4 Å². The van der Waals surface area contributed by atoms with Gasteiger partial charge in [-0.25, -0.2) is 4.98 Å². The molecule has 0 bridgehead atoms. The molecular weight excluding hydrogens is 373 g/mol. The number of hydrogen-bond acceptors (Lipinski definition) is 3. The van der Waals surface area contributed by atoms with E-state index in [1.54, 1.807) is 42.5 Å². The van der Waals surface area contributed by atoms with Gasteiger partial charge < -0.3 is 4.90 Å². The highest BCUT2D eigenvalue weighted by atomic mass is 32.1. The Bertz CT molecular complexity index is 982. The lowest BCUT2D eigenvalue weighted by Crippen LogP contribution is -2.36. The molecule has 1 aliphatic rings. The summed E-state index contributed by atoms with van der Waals surface area (Å²) in [6, 6.07) is 15.9. The summed E-state index contributed by atoms with van der Waals surface area (Å²) in [5.41, 5.74) is 1.10. The fourth-order valence-corrected chi connectivity index (χ4v) is 4.27. The second-order valence-electron chi connectivity index (χ2n) is 6.25. The Morgan fingerprint density at radius 3 is 2.48 bits per heavy atom. The van der Waals surface area contributed by atoms with Gasteiger partial charge in [-0.05, 0) is 24.5 Å². The molecule has 7 heteroatoms. The first-order valence-corrected chi connectivity index (χ1v) is 9.30. The molecule has 0 N–H and O–H groups in total. The monoisotopic (exact) mass is 388 g/mol. The maximum atomic E-state index is 13.6. The number of alkyl halides is 3. The number of amides is 1. The first kappa shape index (κ1) is 17.7. The molecule has 3 nitrogen and oxygen atoms in total. The van der Waals surface area contributed by atoms with Gasteiger partial charge in [0, 0.05) is 17.8 Å². The molecule has 0 fully saturated rings. The molecule has 3 aromatic rings. The lowest BCUT2D eigenvalue weighted by atomic mass is 10.0. The van der Waals surface area contributed by atoms with Gasteiger partial charge in [-0.15, -0.1) is 11.3 Å². The number of aryl methyl sites for hydroxylation is 1. The molecule has 0 saturated heterocycles. The van der Waals surface area contributed by atoms with Crippen molar-refractivity contribution >= 4 is 22.9 Å². The third-order valence-corrected chi connectivity index (χ3v) is 5.56. The first-order valence-electron chi connectivity index (χ1n) is 8.48. The standard InChI is InChI=1S/C20H15F3N2OS/c21-20(22,23)17-16(27-18(24-17)14-8-2-1-3-9-14)19(26)25-12-6-10-13-7-4-5-11-15(13)25/h1-5,7-9,11H,6,10,12H2. The number of carbonyl (C=O) groups excluding carboxylic acids is 1. The van der Waals surface area contributed by atoms with Gasteiger partial charge in [0.05, 0.1) is 0 Å². The highest BCUT2D eigenvalue weighted by Crippen LogP contribution is 2.39. The second-order valence-corrected chi connectivity index (χ2v) is 7.25. The number of carbonyl (C=O) groups is 1. The molecule has 138 valence electrons. The van der Waals surface area contributed by atoms with Crippen LogP contribution >= 0.6 is 11.3 Å². The molecule has 1 aliphatic heterocycles. The molecule has 1 amide bonds. The summed E-state index contributed by atoms with van der Waals surface area (Å²) in [4.78, 5) is 17.9. The number of aromatic nitrogens is 1. The summed E-state index contributed by atoms with van der Waals surface area (Å²) < 4.78 is 40.7. The number of anilines is 1. The Kier molecular flexibility index (Phi) is 4.47. The Balaban J connectivity index is 1.79. The van der Waals surface area contributed by atoms with E-state index in [1.807, 2.05) is 12.1 Å². The highest BCUT2D eigenvalue weighted by Gasteiger charge is 2.41. The lowest BCUT2D eigenvalue weighted by Gasteiger charge is -2.29. The van der Waals surface area contributed by atoms with Crippen LogP contribution in [0, 0.1) is 0 Å². The predicted molar refractivity (Wildman–Crippen MR) is 99.0 cm³/mol. The molecule has 0 unspecified atom stereocenters. The Hall–Kier alpha value is -2.67. The van der Waals surface area contributed by atoms with Crippen LogP contribution in [0.5, 0.6) is 0 Å². The molecule has 0 atom stereocenters. The third kappa shape index (κ3) is 3.35. The lowest BCUT2D eigenvalue weighted by molar-refractivity contribution is -0.141. The fourth-order valence-electron chi connectivity index (χ4n) is 3.23. The number of para-hydroxylation sites is 1. The van der Waals surface area contributed by atoms with Crippen molar-refractivity contribution in [3.05, 3.63) is 70.7 Å². The fraction of sp³-hybridized carbons (Fsp3) is 0.200. The minimum Gasteiger partial charge on any atom is -0.307 e. The molecule has 2 aromatic carbocycles. The molecule has 1 aromatic heterocycles. The van der Waals surface area contributed by atoms with E-state index in [1.165, 1.54) is 4.90 Å². The average molecular weight is 388 g/mol. The van der Waals surface area contributed by atoms with Crippen molar-refractivity contribution in [1.29, 1.82) is 0 Å². The number of halogens is 3. The molecule has 27 heavy (non-hydrogen) atoms. The van der Waals surface area contributed by atoms with Crippen LogP contribution in [0.3, 0.4) is 0 Å². The molecule has 0 aliphatic carbocycles. The summed E-state index contributed by atoms with van der Waals surface area (Å²) in [6.07, 6.45) is -3.16. The van der Waals surface area contributed by atoms with Gasteiger partial charge in [-0.2, -0.15) is 13.2 Å². The number of rotatable bonds is 2. The van der Waals surface area contributed by atoms with E-state index in [-0.39, 0.29) is 9.88 Å². The number of thiazole rings is 1. The van der Waals surface area contributed by atoms with Crippen molar-refractivity contribution in [2.45, 2.75) is 19.0 Å². The van der Waals surface area contributed by atoms with Gasteiger partial charge in [0.2, 0.25) is 0 Å². The van der Waals surface area contributed by atoms with E-state index in [0.717, 1.165) is 23.3 Å². The SMILES string of the molecule is O=C(c1sc(-c2ccccc2)nc1C(F)(F)F)N1CCCc2ccccc21. The van der Waals surface area contributed by atoms with E-state index in [0.29, 0.717) is 24.2 Å². The van der Waals surface area contributed by atoms with Crippen LogP contribution in [0.4, 0.5) is 18.9 Å². The van der Waals surface area contributed by atoms with E-state index < -0.39 is 17.8 Å². The second kappa shape index (κ2) is 6.81. The van der Waals surface area contributed by atoms with Crippen LogP contribution in [0.25, 0.3) is 10.6 Å². The average Bonchev–Trinajstić information content (AvgIpc) is 3.14. The maximum absolute atomic E-state index is 13.6. The quantitative estimate of drug-likeness (QED) is 0.587. The van der Waals surface area contributed by atoms with E-state index >= 15 is 0 Å². The number of fused-ring (bicyclic) bond motifs is 1. The summed E-state index contributed by atoms with van der Waals surface area (Å²) in [5.74, 6) is -0.644. The van der Waals surface area contributed by atoms with Crippen molar-refractivity contribution in [2.75, 3.05) is 11.4 Å². The smallest absolute Gasteiger partial charge is 0.307 e. The van der Waals surface area contributed by atoms with Gasteiger partial charge in [-0.3, -0.25) is 4.79 Å². The maximum Gasteiger partial charge on any atom is 0.435 e. The minimum absolute atomic E-state index is 0.191. The topological polar surface area (TPSA) is 33.2 Å². The Labute approximate surface area is 158 Å². The highest BCUT2D eigenvalue weighted by molar-refractivity contribution is 7.17. The van der Waals surface area contributed by atoms with E-state index in [9.17, 15) is 18.0 Å². The first-order chi connectivity index (χ1) is 12.9. The molecule has 2 heterocycles. The Morgan fingerprint density at radius 2 is 1.74 bits per heavy atom. The molecule has 0 saturated carbocycles. The normalized spacial score (nSPS) is 14.1. The molecule has 4 rings (SSSR count). The van der Waals surface area contributed by atoms with Crippen molar-refractivity contribution in [3.8, 4) is 10.6 Å². The van der Waals surface area contributed by atoms with E-state index in [4.69, 9.17) is 0 Å². The number of benzene rings is 2. The van der Waals surface area contributed by atoms with Gasteiger partial charge in [-0.1, -0.05) is 48.5 Å². The van der Waals surface area contributed by atoms with Crippen LogP contribution in [-0.2, 0) is 12.6 Å². The summed E-state index contributed by atoms with van der Waals surface area (Å²) in [5, 5.41) is 0.191. The Morgan fingerprint density at radius 1 is 1.04 bits per heavy atom.